The van der Waals surface area contributed by atoms with Crippen LogP contribution in [0.25, 0.3) is 0 Å². The maximum absolute atomic E-state index is 6.39. The number of fused-ring (bicyclic) bond motifs is 2. The van der Waals surface area contributed by atoms with Gasteiger partial charge in [-0.2, -0.15) is 0 Å². The van der Waals surface area contributed by atoms with E-state index in [1.807, 2.05) is 0 Å². The molecule has 2 aliphatic rings. The number of rotatable bonds is 4. The van der Waals surface area contributed by atoms with Crippen molar-refractivity contribution in [1.29, 1.82) is 0 Å². The van der Waals surface area contributed by atoms with E-state index in [9.17, 15) is 0 Å². The highest BCUT2D eigenvalue weighted by molar-refractivity contribution is 6.70. The van der Waals surface area contributed by atoms with E-state index in [1.54, 1.807) is 0 Å². The van der Waals surface area contributed by atoms with E-state index in [-0.39, 0.29) is 0 Å². The second-order valence-corrected chi connectivity index (χ2v) is 12.6. The number of benzene rings is 2. The summed E-state index contributed by atoms with van der Waals surface area (Å²) in [6.45, 7) is 9.10. The van der Waals surface area contributed by atoms with Gasteiger partial charge in [-0.3, -0.25) is 0 Å². The highest BCUT2D eigenvalue weighted by atomic mass is 28.4. The minimum Gasteiger partial charge on any atom is -0.543 e. The molecule has 0 radical (unpaired) electrons. The molecule has 1 N–H and O–H groups in total. The Morgan fingerprint density at radius 1 is 1.00 bits per heavy atom. The number of nitrogens with zero attached hydrogens (tertiary/aromatic N) is 1. The van der Waals surface area contributed by atoms with Crippen molar-refractivity contribution < 1.29 is 4.43 Å². The number of hydrogen-bond acceptors (Lipinski definition) is 3. The van der Waals surface area contributed by atoms with Gasteiger partial charge in [-0.15, -0.1) is 0 Å². The molecule has 2 bridgehead atoms. The lowest BCUT2D eigenvalue weighted by atomic mass is 9.92. The van der Waals surface area contributed by atoms with E-state index in [0.29, 0.717) is 6.04 Å². The van der Waals surface area contributed by atoms with Crippen LogP contribution in [0.15, 0.2) is 42.5 Å². The van der Waals surface area contributed by atoms with E-state index < -0.39 is 8.32 Å². The highest BCUT2D eigenvalue weighted by Crippen LogP contribution is 2.43. The Labute approximate surface area is 152 Å². The van der Waals surface area contributed by atoms with Crippen molar-refractivity contribution in [3.8, 4) is 5.75 Å². The van der Waals surface area contributed by atoms with Crippen LogP contribution in [-0.4, -0.2) is 21.4 Å². The van der Waals surface area contributed by atoms with Crippen LogP contribution in [0.5, 0.6) is 5.75 Å². The molecule has 25 heavy (non-hydrogen) atoms. The molecule has 4 rings (SSSR count). The Kier molecular flexibility index (Phi) is 4.24. The summed E-state index contributed by atoms with van der Waals surface area (Å²) in [6.07, 6.45) is 3.60. The fraction of sp³-hybridized carbons (Fsp3) is 0.429. The predicted molar refractivity (Wildman–Crippen MR) is 108 cm³/mol. The lowest BCUT2D eigenvalue weighted by molar-refractivity contribution is 0.537. The van der Waals surface area contributed by atoms with Gasteiger partial charge < -0.3 is 14.6 Å². The van der Waals surface area contributed by atoms with Crippen LogP contribution in [0.4, 0.5) is 11.4 Å². The van der Waals surface area contributed by atoms with E-state index >= 15 is 0 Å². The lowest BCUT2D eigenvalue weighted by Gasteiger charge is -2.34. The van der Waals surface area contributed by atoms with Crippen LogP contribution in [0.3, 0.4) is 0 Å². The van der Waals surface area contributed by atoms with Gasteiger partial charge in [0.25, 0.3) is 0 Å². The van der Waals surface area contributed by atoms with Crippen LogP contribution in [0, 0.1) is 0 Å². The second-order valence-electron chi connectivity index (χ2n) is 8.16. The summed E-state index contributed by atoms with van der Waals surface area (Å²) in [4.78, 5) is 2.54. The van der Waals surface area contributed by atoms with Gasteiger partial charge in [-0.1, -0.05) is 30.3 Å². The molecule has 1 fully saturated rings. The summed E-state index contributed by atoms with van der Waals surface area (Å²) in [5, 5.41) is 3.76. The Morgan fingerprint density at radius 3 is 2.48 bits per heavy atom. The highest BCUT2D eigenvalue weighted by Gasteiger charge is 2.29. The Bertz CT molecular complexity index is 738. The standard InChI is InChI=1S/C21H28N2OSi/c1-25(2,3)24-21-16-9-8-11-18(21)22-19(15-16)17-10-4-5-12-20(17)23-13-6-7-14-23/h4-5,8-12,19,22H,6-7,13-15H2,1-3H3. The molecule has 0 amide bonds. The van der Waals surface area contributed by atoms with E-state index in [2.05, 4.69) is 72.3 Å². The first kappa shape index (κ1) is 16.5. The van der Waals surface area contributed by atoms with Crippen molar-refractivity contribution in [3.63, 3.8) is 0 Å². The van der Waals surface area contributed by atoms with Crippen LogP contribution in [0.1, 0.15) is 30.0 Å². The Morgan fingerprint density at radius 2 is 1.76 bits per heavy atom. The third-order valence-electron chi connectivity index (χ3n) is 5.02. The minimum absolute atomic E-state index is 0.317. The summed E-state index contributed by atoms with van der Waals surface area (Å²) in [7, 11) is -1.62. The van der Waals surface area contributed by atoms with Gasteiger partial charge >= 0.3 is 0 Å². The zero-order valence-electron chi connectivity index (χ0n) is 15.5. The molecule has 2 aliphatic heterocycles. The van der Waals surface area contributed by atoms with Crippen molar-refractivity contribution in [2.75, 3.05) is 23.3 Å². The largest absolute Gasteiger partial charge is 0.543 e. The molecule has 1 unspecified atom stereocenters. The molecule has 0 saturated carbocycles. The first-order valence-electron chi connectivity index (χ1n) is 9.42. The van der Waals surface area contributed by atoms with Crippen LogP contribution in [0.2, 0.25) is 19.6 Å². The molecule has 0 spiro atoms. The average molecular weight is 353 g/mol. The molecule has 0 aromatic heterocycles. The summed E-state index contributed by atoms with van der Waals surface area (Å²) < 4.78 is 6.39. The van der Waals surface area contributed by atoms with Gasteiger partial charge in [-0.05, 0) is 55.7 Å². The molecule has 2 aromatic rings. The first-order chi connectivity index (χ1) is 12.0. The van der Waals surface area contributed by atoms with Crippen molar-refractivity contribution in [1.82, 2.24) is 0 Å². The quantitative estimate of drug-likeness (QED) is 0.765. The Balaban J connectivity index is 1.65. The molecule has 3 nitrogen and oxygen atoms in total. The monoisotopic (exact) mass is 352 g/mol. The topological polar surface area (TPSA) is 24.5 Å². The van der Waals surface area contributed by atoms with Crippen molar-refractivity contribution in [2.45, 2.75) is 44.9 Å². The molecule has 2 aromatic carbocycles. The molecular weight excluding hydrogens is 324 g/mol. The third kappa shape index (κ3) is 3.40. The summed E-state index contributed by atoms with van der Waals surface area (Å²) in [5.41, 5.74) is 5.29. The van der Waals surface area contributed by atoms with Crippen molar-refractivity contribution in [3.05, 3.63) is 53.6 Å². The fourth-order valence-corrected chi connectivity index (χ4v) is 4.81. The Hall–Kier alpha value is -1.94. The van der Waals surface area contributed by atoms with Crippen LogP contribution in [-0.2, 0) is 6.42 Å². The SMILES string of the molecule is C[Si](C)(C)Oc1c2cccc1NC(c1ccccc1N1CCCC1)C2. The summed E-state index contributed by atoms with van der Waals surface area (Å²) >= 11 is 0. The summed E-state index contributed by atoms with van der Waals surface area (Å²) in [5.74, 6) is 1.08. The molecule has 132 valence electrons. The van der Waals surface area contributed by atoms with Gasteiger partial charge in [0.2, 0.25) is 8.32 Å². The van der Waals surface area contributed by atoms with Gasteiger partial charge in [0, 0.05) is 25.2 Å². The van der Waals surface area contributed by atoms with E-state index in [4.69, 9.17) is 4.43 Å². The zero-order valence-corrected chi connectivity index (χ0v) is 16.5. The van der Waals surface area contributed by atoms with Crippen molar-refractivity contribution >= 4 is 19.7 Å². The molecule has 4 heteroatoms. The van der Waals surface area contributed by atoms with E-state index in [0.717, 1.165) is 17.9 Å². The van der Waals surface area contributed by atoms with Crippen LogP contribution >= 0.6 is 0 Å². The number of nitrogens with one attached hydrogen (secondary N) is 1. The zero-order chi connectivity index (χ0) is 17.4. The van der Waals surface area contributed by atoms with Gasteiger partial charge in [0.05, 0.1) is 11.7 Å². The lowest BCUT2D eigenvalue weighted by Crippen LogP contribution is -2.32. The van der Waals surface area contributed by atoms with Gasteiger partial charge in [-0.25, -0.2) is 0 Å². The third-order valence-corrected chi connectivity index (χ3v) is 5.83. The first-order valence-corrected chi connectivity index (χ1v) is 12.8. The number of anilines is 2. The molecular formula is C21H28N2OSi. The fourth-order valence-electron chi connectivity index (χ4n) is 3.96. The van der Waals surface area contributed by atoms with Gasteiger partial charge in [0.15, 0.2) is 0 Å². The second kappa shape index (κ2) is 6.41. The normalized spacial score (nSPS) is 19.6. The van der Waals surface area contributed by atoms with Gasteiger partial charge in [0.1, 0.15) is 5.75 Å². The van der Waals surface area contributed by atoms with Crippen molar-refractivity contribution in [2.24, 2.45) is 0 Å². The molecule has 1 atom stereocenters. The summed E-state index contributed by atoms with van der Waals surface area (Å²) in [6, 6.07) is 15.7. The maximum atomic E-state index is 6.39. The maximum Gasteiger partial charge on any atom is 0.242 e. The molecule has 0 aliphatic carbocycles. The smallest absolute Gasteiger partial charge is 0.242 e. The number of para-hydroxylation sites is 2. The molecule has 1 saturated heterocycles. The van der Waals surface area contributed by atoms with Crippen LogP contribution < -0.4 is 14.6 Å². The minimum atomic E-state index is -1.62. The average Bonchev–Trinajstić information content (AvgIpc) is 3.07. The van der Waals surface area contributed by atoms with E-state index in [1.165, 1.54) is 42.7 Å². The molecule has 2 heterocycles. The number of hydrogen-bond donors (Lipinski definition) is 1. The predicted octanol–water partition coefficient (Wildman–Crippen LogP) is 5.21.